The van der Waals surface area contributed by atoms with Gasteiger partial charge in [-0.1, -0.05) is 42.0 Å². The number of anilines is 3. The van der Waals surface area contributed by atoms with Crippen LogP contribution in [-0.2, 0) is 19.2 Å². The lowest BCUT2D eigenvalue weighted by atomic mass is 10.0. The smallest absolute Gasteiger partial charge is 0.224 e. The molecule has 43 heavy (non-hydrogen) atoms. The van der Waals surface area contributed by atoms with Gasteiger partial charge in [0.1, 0.15) is 19.3 Å². The average molecular weight is 591 g/mol. The van der Waals surface area contributed by atoms with Gasteiger partial charge in [-0.3, -0.25) is 9.59 Å². The molecular weight excluding hydrogens is 544 g/mol. The van der Waals surface area contributed by atoms with Crippen molar-refractivity contribution < 1.29 is 24.3 Å². The van der Waals surface area contributed by atoms with Gasteiger partial charge in [-0.25, -0.2) is 0 Å². The molecule has 0 radical (unpaired) electrons. The largest absolute Gasteiger partial charge is 0.506 e. The molecule has 3 N–H and O–H groups in total. The standard InChI is InChI=1S/C22H28N4O3.C10H14.2CH2O/c1-16-6-5-9-19(27)22(16)26-14-12-25(13-15-26)21(29)11-10-20(28)24-18-8-4-3-7-17(18)23-2;1-7-5-8(2)10(4)9(3)6-7;2*1-2/h3-9,23,27H,10-15H2,1-2H3,(H,24,28);5-6H,1-4H3;2*1H2. The lowest BCUT2D eigenvalue weighted by Crippen LogP contribution is -2.49. The zero-order valence-corrected chi connectivity index (χ0v) is 26.3. The van der Waals surface area contributed by atoms with E-state index in [1.54, 1.807) is 18.0 Å². The van der Waals surface area contributed by atoms with E-state index >= 15 is 0 Å². The molecule has 1 saturated heterocycles. The van der Waals surface area contributed by atoms with Crippen LogP contribution in [0.1, 0.15) is 40.7 Å². The van der Waals surface area contributed by atoms with Gasteiger partial charge < -0.3 is 35.1 Å². The van der Waals surface area contributed by atoms with Crippen molar-refractivity contribution in [3.8, 4) is 5.75 Å². The maximum Gasteiger partial charge on any atom is 0.224 e. The molecule has 1 aliphatic rings. The summed E-state index contributed by atoms with van der Waals surface area (Å²) in [7, 11) is 1.80. The van der Waals surface area contributed by atoms with Crippen LogP contribution in [0.5, 0.6) is 5.75 Å². The van der Waals surface area contributed by atoms with Crippen LogP contribution in [0.25, 0.3) is 0 Å². The first-order valence-electron chi connectivity index (χ1n) is 14.1. The highest BCUT2D eigenvalue weighted by atomic mass is 16.3. The number of para-hydroxylation sites is 3. The fourth-order valence-electron chi connectivity index (χ4n) is 4.89. The summed E-state index contributed by atoms with van der Waals surface area (Å²) in [6.45, 7) is 17.1. The Balaban J connectivity index is 0.000000552. The number of nitrogens with one attached hydrogen (secondary N) is 2. The van der Waals surface area contributed by atoms with Gasteiger partial charge in [-0.2, -0.15) is 0 Å². The molecule has 0 bridgehead atoms. The second kappa shape index (κ2) is 18.7. The summed E-state index contributed by atoms with van der Waals surface area (Å²) in [5.41, 5.74) is 8.98. The highest BCUT2D eigenvalue weighted by Crippen LogP contribution is 2.31. The Kier molecular flexibility index (Phi) is 15.8. The van der Waals surface area contributed by atoms with Crippen LogP contribution in [-0.4, -0.2) is 68.6 Å². The number of hydrogen-bond acceptors (Lipinski definition) is 7. The second-order valence-electron chi connectivity index (χ2n) is 10.2. The van der Waals surface area contributed by atoms with E-state index in [0.717, 1.165) is 16.9 Å². The van der Waals surface area contributed by atoms with E-state index < -0.39 is 0 Å². The molecule has 0 atom stereocenters. The highest BCUT2D eigenvalue weighted by Gasteiger charge is 2.24. The second-order valence-corrected chi connectivity index (χ2v) is 10.2. The summed E-state index contributed by atoms with van der Waals surface area (Å²) >= 11 is 0. The van der Waals surface area contributed by atoms with Gasteiger partial charge in [-0.15, -0.1) is 0 Å². The van der Waals surface area contributed by atoms with Crippen LogP contribution < -0.4 is 15.5 Å². The van der Waals surface area contributed by atoms with E-state index in [1.807, 2.05) is 56.9 Å². The van der Waals surface area contributed by atoms with E-state index in [-0.39, 0.29) is 30.4 Å². The van der Waals surface area contributed by atoms with Gasteiger partial charge in [0.2, 0.25) is 11.8 Å². The van der Waals surface area contributed by atoms with Crippen LogP contribution in [0, 0.1) is 34.6 Å². The Labute approximate surface area is 255 Å². The van der Waals surface area contributed by atoms with Crippen molar-refractivity contribution in [3.05, 3.63) is 82.4 Å². The number of amides is 2. The number of aromatic hydroxyl groups is 1. The molecule has 3 aromatic carbocycles. The zero-order valence-electron chi connectivity index (χ0n) is 26.3. The minimum Gasteiger partial charge on any atom is -0.506 e. The van der Waals surface area contributed by atoms with Gasteiger partial charge in [0.05, 0.1) is 17.1 Å². The lowest BCUT2D eigenvalue weighted by molar-refractivity contribution is -0.133. The van der Waals surface area contributed by atoms with Crippen molar-refractivity contribution >= 4 is 42.5 Å². The minimum atomic E-state index is -0.176. The number of carbonyl (C=O) groups is 4. The van der Waals surface area contributed by atoms with Gasteiger partial charge in [-0.05, 0) is 75.1 Å². The molecule has 4 rings (SSSR count). The first kappa shape index (κ1) is 36.4. The summed E-state index contributed by atoms with van der Waals surface area (Å²) in [6.07, 6.45) is 0.332. The zero-order chi connectivity index (χ0) is 32.5. The third kappa shape index (κ3) is 10.9. The SMILES string of the molecule is C=O.C=O.CNc1ccccc1NC(=O)CCC(=O)N1CCN(c2c(C)cccc2O)CC1.Cc1cc(C)c(C)c(C)c1. The number of hydrogen-bond donors (Lipinski definition) is 3. The number of phenols is 1. The third-order valence-corrected chi connectivity index (χ3v) is 7.27. The third-order valence-electron chi connectivity index (χ3n) is 7.27. The summed E-state index contributed by atoms with van der Waals surface area (Å²) < 4.78 is 0. The highest BCUT2D eigenvalue weighted by molar-refractivity contribution is 5.96. The molecule has 232 valence electrons. The van der Waals surface area contributed by atoms with Gasteiger partial charge in [0.15, 0.2) is 0 Å². The van der Waals surface area contributed by atoms with Crippen molar-refractivity contribution in [2.75, 3.05) is 48.8 Å². The topological polar surface area (TPSA) is 119 Å². The van der Waals surface area contributed by atoms with Crippen LogP contribution >= 0.6 is 0 Å². The Hall–Kier alpha value is -4.66. The van der Waals surface area contributed by atoms with Gasteiger partial charge >= 0.3 is 0 Å². The number of aryl methyl sites for hydroxylation is 4. The van der Waals surface area contributed by atoms with E-state index in [1.165, 1.54) is 22.3 Å². The molecule has 9 nitrogen and oxygen atoms in total. The monoisotopic (exact) mass is 590 g/mol. The number of nitrogens with zero attached hydrogens (tertiary/aromatic N) is 2. The fourth-order valence-corrected chi connectivity index (χ4v) is 4.89. The maximum absolute atomic E-state index is 12.5. The van der Waals surface area contributed by atoms with Crippen LogP contribution in [0.2, 0.25) is 0 Å². The van der Waals surface area contributed by atoms with Crippen molar-refractivity contribution in [3.63, 3.8) is 0 Å². The molecule has 1 fully saturated rings. The van der Waals surface area contributed by atoms with E-state index in [4.69, 9.17) is 9.59 Å². The van der Waals surface area contributed by atoms with Crippen molar-refractivity contribution in [1.29, 1.82) is 0 Å². The Bertz CT molecular complexity index is 1290. The summed E-state index contributed by atoms with van der Waals surface area (Å²) in [5.74, 6) is 0.0727. The number of benzene rings is 3. The number of carbonyl (C=O) groups excluding carboxylic acids is 4. The molecule has 0 aromatic heterocycles. The molecule has 1 heterocycles. The molecule has 3 aromatic rings. The van der Waals surface area contributed by atoms with Crippen LogP contribution in [0.3, 0.4) is 0 Å². The van der Waals surface area contributed by atoms with Crippen LogP contribution in [0.15, 0.2) is 54.6 Å². The number of piperazine rings is 1. The summed E-state index contributed by atoms with van der Waals surface area (Å²) in [4.78, 5) is 44.7. The first-order chi connectivity index (χ1) is 20.6. The maximum atomic E-state index is 12.5. The molecule has 9 heteroatoms. The Morgan fingerprint density at radius 2 is 1.33 bits per heavy atom. The molecule has 0 spiro atoms. The quantitative estimate of drug-likeness (QED) is 0.354. The van der Waals surface area contributed by atoms with Crippen molar-refractivity contribution in [1.82, 2.24) is 4.90 Å². The summed E-state index contributed by atoms with van der Waals surface area (Å²) in [5, 5.41) is 16.0. The van der Waals surface area contributed by atoms with E-state index in [2.05, 4.69) is 55.4 Å². The Morgan fingerprint density at radius 1 is 0.767 bits per heavy atom. The van der Waals surface area contributed by atoms with Crippen LogP contribution in [0.4, 0.5) is 17.1 Å². The average Bonchev–Trinajstić information content (AvgIpc) is 3.01. The molecule has 0 saturated carbocycles. The van der Waals surface area contributed by atoms with Gasteiger partial charge in [0.25, 0.3) is 0 Å². The molecular formula is C34H46N4O5. The van der Waals surface area contributed by atoms with E-state index in [0.29, 0.717) is 31.9 Å². The molecule has 0 aliphatic carbocycles. The van der Waals surface area contributed by atoms with E-state index in [9.17, 15) is 14.7 Å². The fraction of sp³-hybridized carbons (Fsp3) is 0.353. The molecule has 2 amide bonds. The Morgan fingerprint density at radius 3 is 1.86 bits per heavy atom. The predicted octanol–water partition coefficient (Wildman–Crippen LogP) is 5.36. The van der Waals surface area contributed by atoms with Gasteiger partial charge in [0, 0.05) is 46.1 Å². The first-order valence-corrected chi connectivity index (χ1v) is 14.1. The van der Waals surface area contributed by atoms with Crippen molar-refractivity contribution in [2.24, 2.45) is 0 Å². The lowest BCUT2D eigenvalue weighted by Gasteiger charge is -2.37. The number of rotatable bonds is 6. The summed E-state index contributed by atoms with van der Waals surface area (Å²) in [6, 6.07) is 17.4. The molecule has 0 unspecified atom stereocenters. The number of phenolic OH excluding ortho intramolecular Hbond substituents is 1. The predicted molar refractivity (Wildman–Crippen MR) is 175 cm³/mol. The minimum absolute atomic E-state index is 0.0179. The van der Waals surface area contributed by atoms with Crippen molar-refractivity contribution in [2.45, 2.75) is 47.5 Å². The normalized spacial score (nSPS) is 11.9. The molecule has 1 aliphatic heterocycles.